The van der Waals surface area contributed by atoms with Crippen LogP contribution in [0.4, 0.5) is 5.69 Å². The maximum Gasteiger partial charge on any atom is 0.339 e. The van der Waals surface area contributed by atoms with E-state index in [4.69, 9.17) is 4.74 Å². The smallest absolute Gasteiger partial charge is 0.339 e. The van der Waals surface area contributed by atoms with Crippen molar-refractivity contribution in [2.24, 2.45) is 0 Å². The molecule has 27 heavy (non-hydrogen) atoms. The van der Waals surface area contributed by atoms with E-state index in [-0.39, 0.29) is 5.56 Å². The van der Waals surface area contributed by atoms with Crippen LogP contribution in [0.3, 0.4) is 0 Å². The van der Waals surface area contributed by atoms with Crippen molar-refractivity contribution in [2.45, 2.75) is 38.3 Å². The van der Waals surface area contributed by atoms with E-state index in [1.54, 1.807) is 6.07 Å². The maximum absolute atomic E-state index is 11.6. The van der Waals surface area contributed by atoms with Gasteiger partial charge >= 0.3 is 5.97 Å². The van der Waals surface area contributed by atoms with E-state index in [0.717, 1.165) is 34.9 Å². The van der Waals surface area contributed by atoms with Crippen molar-refractivity contribution in [3.05, 3.63) is 71.8 Å². The van der Waals surface area contributed by atoms with Gasteiger partial charge in [-0.1, -0.05) is 55.3 Å². The maximum atomic E-state index is 11.6. The van der Waals surface area contributed by atoms with Gasteiger partial charge in [0.05, 0.1) is 0 Å². The van der Waals surface area contributed by atoms with Gasteiger partial charge in [-0.3, -0.25) is 0 Å². The molecule has 0 radical (unpaired) electrons. The number of ether oxygens (including phenoxy) is 1. The van der Waals surface area contributed by atoms with Crippen molar-refractivity contribution >= 4 is 22.4 Å². The first-order chi connectivity index (χ1) is 13.2. The largest absolute Gasteiger partial charge is 0.488 e. The number of anilines is 1. The number of carboxylic acid groups (broad SMARTS) is 1. The fourth-order valence-electron chi connectivity index (χ4n) is 3.79. The molecule has 0 bridgehead atoms. The van der Waals surface area contributed by atoms with Gasteiger partial charge in [0.25, 0.3) is 0 Å². The lowest BCUT2D eigenvalue weighted by atomic mass is 10.1. The highest BCUT2D eigenvalue weighted by atomic mass is 16.5. The van der Waals surface area contributed by atoms with Gasteiger partial charge < -0.3 is 15.2 Å². The third-order valence-corrected chi connectivity index (χ3v) is 5.20. The molecule has 3 aromatic carbocycles. The highest BCUT2D eigenvalue weighted by Crippen LogP contribution is 2.29. The predicted molar refractivity (Wildman–Crippen MR) is 108 cm³/mol. The molecule has 4 rings (SSSR count). The van der Waals surface area contributed by atoms with E-state index in [1.165, 1.54) is 12.8 Å². The summed E-state index contributed by atoms with van der Waals surface area (Å²) in [7, 11) is 0. The summed E-state index contributed by atoms with van der Waals surface area (Å²) in [5.41, 5.74) is 2.14. The molecule has 1 aliphatic rings. The van der Waals surface area contributed by atoms with Gasteiger partial charge in [0.15, 0.2) is 0 Å². The zero-order chi connectivity index (χ0) is 18.6. The molecular formula is C23H23NO3. The molecule has 2 N–H and O–H groups in total. The lowest BCUT2D eigenvalue weighted by molar-refractivity contribution is 0.0692. The third-order valence-electron chi connectivity index (χ3n) is 5.20. The zero-order valence-corrected chi connectivity index (χ0v) is 15.2. The predicted octanol–water partition coefficient (Wildman–Crippen LogP) is 5.47. The van der Waals surface area contributed by atoms with E-state index >= 15 is 0 Å². The average molecular weight is 361 g/mol. The molecule has 0 atom stereocenters. The Hall–Kier alpha value is -3.01. The van der Waals surface area contributed by atoms with Crippen LogP contribution in [0.25, 0.3) is 10.8 Å². The van der Waals surface area contributed by atoms with Gasteiger partial charge in [-0.15, -0.1) is 0 Å². The van der Waals surface area contributed by atoms with Crippen LogP contribution in [0, 0.1) is 0 Å². The summed E-state index contributed by atoms with van der Waals surface area (Å²) in [4.78, 5) is 11.6. The Balaban J connectivity index is 1.58. The number of carbonyl (C=O) groups is 1. The number of rotatable bonds is 6. The molecule has 0 unspecified atom stereocenters. The molecule has 0 saturated heterocycles. The summed E-state index contributed by atoms with van der Waals surface area (Å²) in [6.07, 6.45) is 4.81. The van der Waals surface area contributed by atoms with Crippen LogP contribution in [0.5, 0.6) is 5.75 Å². The minimum absolute atomic E-state index is 0.187. The van der Waals surface area contributed by atoms with Crippen LogP contribution in [0.15, 0.2) is 60.7 Å². The summed E-state index contributed by atoms with van der Waals surface area (Å²) < 4.78 is 5.98. The van der Waals surface area contributed by atoms with Crippen LogP contribution in [-0.2, 0) is 6.61 Å². The van der Waals surface area contributed by atoms with Crippen molar-refractivity contribution in [1.29, 1.82) is 0 Å². The molecule has 0 amide bonds. The topological polar surface area (TPSA) is 58.6 Å². The molecule has 1 fully saturated rings. The number of nitrogens with one attached hydrogen (secondary N) is 1. The molecule has 0 aromatic heterocycles. The van der Waals surface area contributed by atoms with E-state index in [2.05, 4.69) is 23.5 Å². The quantitative estimate of drug-likeness (QED) is 0.611. The fraction of sp³-hybridized carbons (Fsp3) is 0.261. The fourth-order valence-corrected chi connectivity index (χ4v) is 3.79. The van der Waals surface area contributed by atoms with Gasteiger partial charge in [-0.2, -0.15) is 0 Å². The normalized spacial score (nSPS) is 14.4. The Kier molecular flexibility index (Phi) is 4.97. The van der Waals surface area contributed by atoms with E-state index < -0.39 is 5.97 Å². The first kappa shape index (κ1) is 17.4. The summed E-state index contributed by atoms with van der Waals surface area (Å²) >= 11 is 0. The Morgan fingerprint density at radius 3 is 2.63 bits per heavy atom. The number of hydrogen-bond donors (Lipinski definition) is 2. The van der Waals surface area contributed by atoms with E-state index in [1.807, 2.05) is 36.4 Å². The molecule has 138 valence electrons. The SMILES string of the molecule is O=C(O)c1ccc(NC2CCCC2)cc1OCc1cccc2ccccc12. The van der Waals surface area contributed by atoms with Gasteiger partial charge in [0.2, 0.25) is 0 Å². The van der Waals surface area contributed by atoms with Gasteiger partial charge in [-0.25, -0.2) is 4.79 Å². The number of hydrogen-bond acceptors (Lipinski definition) is 3. The minimum atomic E-state index is -0.977. The highest BCUT2D eigenvalue weighted by molar-refractivity contribution is 5.91. The molecule has 4 nitrogen and oxygen atoms in total. The van der Waals surface area contributed by atoms with Crippen molar-refractivity contribution in [3.8, 4) is 5.75 Å². The standard InChI is InChI=1S/C23H23NO3/c25-23(26)21-13-12-19(24-18-9-2-3-10-18)14-22(21)27-15-17-8-5-7-16-6-1-4-11-20(16)17/h1,4-8,11-14,18,24H,2-3,9-10,15H2,(H,25,26). The summed E-state index contributed by atoms with van der Waals surface area (Å²) in [6, 6.07) is 19.9. The minimum Gasteiger partial charge on any atom is -0.488 e. The van der Waals surface area contributed by atoms with Crippen LogP contribution in [-0.4, -0.2) is 17.1 Å². The van der Waals surface area contributed by atoms with Gasteiger partial charge in [0.1, 0.15) is 17.9 Å². The molecule has 1 saturated carbocycles. The molecule has 1 aliphatic carbocycles. The van der Waals surface area contributed by atoms with Crippen molar-refractivity contribution in [2.75, 3.05) is 5.32 Å². The van der Waals surface area contributed by atoms with Crippen molar-refractivity contribution < 1.29 is 14.6 Å². The second-order valence-corrected chi connectivity index (χ2v) is 7.07. The summed E-state index contributed by atoms with van der Waals surface area (Å²) in [6.45, 7) is 0.328. The third kappa shape index (κ3) is 3.90. The van der Waals surface area contributed by atoms with Crippen molar-refractivity contribution in [3.63, 3.8) is 0 Å². The summed E-state index contributed by atoms with van der Waals surface area (Å²) in [5, 5.41) is 15.3. The first-order valence-corrected chi connectivity index (χ1v) is 9.44. The Labute approximate surface area is 158 Å². The van der Waals surface area contributed by atoms with Crippen LogP contribution >= 0.6 is 0 Å². The highest BCUT2D eigenvalue weighted by Gasteiger charge is 2.17. The Morgan fingerprint density at radius 2 is 1.81 bits per heavy atom. The second-order valence-electron chi connectivity index (χ2n) is 7.07. The lowest BCUT2D eigenvalue weighted by Gasteiger charge is -2.16. The Bertz CT molecular complexity index is 955. The van der Waals surface area contributed by atoms with Gasteiger partial charge in [-0.05, 0) is 41.3 Å². The Morgan fingerprint density at radius 1 is 1.04 bits per heavy atom. The van der Waals surface area contributed by atoms with E-state index in [9.17, 15) is 9.90 Å². The number of fused-ring (bicyclic) bond motifs is 1. The number of carboxylic acids is 1. The first-order valence-electron chi connectivity index (χ1n) is 9.44. The molecule has 0 spiro atoms. The molecule has 4 heteroatoms. The monoisotopic (exact) mass is 361 g/mol. The second kappa shape index (κ2) is 7.70. The average Bonchev–Trinajstić information content (AvgIpc) is 3.19. The zero-order valence-electron chi connectivity index (χ0n) is 15.2. The van der Waals surface area contributed by atoms with E-state index in [0.29, 0.717) is 18.4 Å². The van der Waals surface area contributed by atoms with Crippen LogP contribution < -0.4 is 10.1 Å². The number of aromatic carboxylic acids is 1. The molecule has 0 heterocycles. The number of benzene rings is 3. The van der Waals surface area contributed by atoms with Crippen LogP contribution in [0.2, 0.25) is 0 Å². The van der Waals surface area contributed by atoms with Crippen molar-refractivity contribution in [1.82, 2.24) is 0 Å². The molecular weight excluding hydrogens is 338 g/mol. The molecule has 3 aromatic rings. The molecule has 0 aliphatic heterocycles. The van der Waals surface area contributed by atoms with Gasteiger partial charge in [0, 0.05) is 17.8 Å². The lowest BCUT2D eigenvalue weighted by Crippen LogP contribution is -2.15. The summed E-state index contributed by atoms with van der Waals surface area (Å²) in [5.74, 6) is -0.575. The van der Waals surface area contributed by atoms with Crippen LogP contribution in [0.1, 0.15) is 41.6 Å².